The van der Waals surface area contributed by atoms with Crippen molar-refractivity contribution < 1.29 is 13.9 Å². The molecule has 2 aromatic rings. The predicted octanol–water partition coefficient (Wildman–Crippen LogP) is 3.52. The number of rotatable bonds is 2. The van der Waals surface area contributed by atoms with Gasteiger partial charge in [-0.25, -0.2) is 0 Å². The van der Waals surface area contributed by atoms with E-state index in [2.05, 4.69) is 15.9 Å². The monoisotopic (exact) mass is 335 g/mol. The summed E-state index contributed by atoms with van der Waals surface area (Å²) in [6.45, 7) is 2.52. The molecular weight excluding hydrogens is 322 g/mol. The molecule has 1 amide bonds. The Morgan fingerprint density at radius 3 is 2.95 bits per heavy atom. The number of amides is 1. The minimum atomic E-state index is -0.119. The number of carbonyl (C=O) groups excluding carboxylic acids is 1. The molecule has 1 atom stereocenters. The number of hydrogen-bond acceptors (Lipinski definition) is 3. The van der Waals surface area contributed by atoms with Crippen molar-refractivity contribution in [1.29, 1.82) is 0 Å². The van der Waals surface area contributed by atoms with Crippen LogP contribution in [-0.4, -0.2) is 17.4 Å². The molecule has 4 nitrogen and oxygen atoms in total. The third kappa shape index (κ3) is 2.45. The highest BCUT2D eigenvalue weighted by Crippen LogP contribution is 2.31. The van der Waals surface area contributed by atoms with Gasteiger partial charge in [-0.3, -0.25) is 4.79 Å². The number of benzene rings is 1. The van der Waals surface area contributed by atoms with E-state index in [9.17, 15) is 4.79 Å². The molecule has 0 radical (unpaired) electrons. The first-order valence-corrected chi connectivity index (χ1v) is 7.18. The van der Waals surface area contributed by atoms with Crippen molar-refractivity contribution in [2.45, 2.75) is 19.5 Å². The molecule has 0 saturated heterocycles. The van der Waals surface area contributed by atoms with Gasteiger partial charge in [-0.2, -0.15) is 0 Å². The van der Waals surface area contributed by atoms with Crippen LogP contribution < -0.4 is 4.74 Å². The summed E-state index contributed by atoms with van der Waals surface area (Å²) in [6, 6.07) is 9.37. The lowest BCUT2D eigenvalue weighted by atomic mass is 10.1. The summed E-state index contributed by atoms with van der Waals surface area (Å²) in [7, 11) is 0. The van der Waals surface area contributed by atoms with E-state index >= 15 is 0 Å². The van der Waals surface area contributed by atoms with Gasteiger partial charge in [-0.1, -0.05) is 15.9 Å². The van der Waals surface area contributed by atoms with E-state index in [1.54, 1.807) is 11.2 Å². The molecule has 5 heteroatoms. The lowest BCUT2D eigenvalue weighted by Gasteiger charge is -2.26. The SMILES string of the molecule is CC(c1ccco1)N1Cc2cc(Br)ccc2OCC1=O. The lowest BCUT2D eigenvalue weighted by Crippen LogP contribution is -2.34. The average molecular weight is 336 g/mol. The van der Waals surface area contributed by atoms with E-state index in [1.807, 2.05) is 37.3 Å². The maximum atomic E-state index is 12.3. The first-order valence-electron chi connectivity index (χ1n) is 6.39. The molecule has 0 aliphatic carbocycles. The van der Waals surface area contributed by atoms with Crippen LogP contribution in [0.2, 0.25) is 0 Å². The van der Waals surface area contributed by atoms with E-state index < -0.39 is 0 Å². The van der Waals surface area contributed by atoms with Crippen LogP contribution in [-0.2, 0) is 11.3 Å². The maximum absolute atomic E-state index is 12.3. The number of ether oxygens (including phenoxy) is 1. The molecule has 2 heterocycles. The van der Waals surface area contributed by atoms with Crippen molar-refractivity contribution in [2.24, 2.45) is 0 Å². The van der Waals surface area contributed by atoms with E-state index in [-0.39, 0.29) is 18.6 Å². The predicted molar refractivity (Wildman–Crippen MR) is 77.3 cm³/mol. The third-order valence-corrected chi connectivity index (χ3v) is 3.95. The van der Waals surface area contributed by atoms with Gasteiger partial charge < -0.3 is 14.1 Å². The smallest absolute Gasteiger partial charge is 0.261 e. The van der Waals surface area contributed by atoms with Gasteiger partial charge in [0.05, 0.1) is 18.8 Å². The minimum absolute atomic E-state index is 0.0405. The molecule has 0 fully saturated rings. The fraction of sp³-hybridized carbons (Fsp3) is 0.267. The standard InChI is InChI=1S/C15H14BrNO3/c1-10(13-3-2-6-19-13)17-8-11-7-12(16)4-5-14(11)20-9-15(17)18/h2-7,10H,8-9H2,1H3. The molecule has 1 aromatic heterocycles. The van der Waals surface area contributed by atoms with E-state index in [4.69, 9.17) is 9.15 Å². The lowest BCUT2D eigenvalue weighted by molar-refractivity contribution is -0.135. The van der Waals surface area contributed by atoms with Crippen LogP contribution in [0.15, 0.2) is 45.5 Å². The molecule has 104 valence electrons. The van der Waals surface area contributed by atoms with Crippen molar-refractivity contribution in [2.75, 3.05) is 6.61 Å². The second-order valence-electron chi connectivity index (χ2n) is 4.75. The van der Waals surface area contributed by atoms with Crippen molar-refractivity contribution >= 4 is 21.8 Å². The minimum Gasteiger partial charge on any atom is -0.483 e. The van der Waals surface area contributed by atoms with Crippen molar-refractivity contribution in [3.63, 3.8) is 0 Å². The molecule has 3 rings (SSSR count). The van der Waals surface area contributed by atoms with Gasteiger partial charge in [0.2, 0.25) is 0 Å². The van der Waals surface area contributed by atoms with Crippen LogP contribution in [0, 0.1) is 0 Å². The second-order valence-corrected chi connectivity index (χ2v) is 5.67. The molecule has 1 aliphatic rings. The number of furan rings is 1. The molecule has 1 aliphatic heterocycles. The first kappa shape index (κ1) is 13.2. The fourth-order valence-electron chi connectivity index (χ4n) is 2.34. The number of nitrogens with zero attached hydrogens (tertiary/aromatic N) is 1. The third-order valence-electron chi connectivity index (χ3n) is 3.46. The molecule has 0 N–H and O–H groups in total. The van der Waals surface area contributed by atoms with Crippen LogP contribution in [0.25, 0.3) is 0 Å². The number of carbonyl (C=O) groups is 1. The highest BCUT2D eigenvalue weighted by molar-refractivity contribution is 9.10. The van der Waals surface area contributed by atoms with E-state index in [0.717, 1.165) is 21.5 Å². The maximum Gasteiger partial charge on any atom is 0.261 e. The fourth-order valence-corrected chi connectivity index (χ4v) is 2.75. The summed E-state index contributed by atoms with van der Waals surface area (Å²) in [5.74, 6) is 1.49. The van der Waals surface area contributed by atoms with Gasteiger partial charge in [0.25, 0.3) is 5.91 Å². The van der Waals surface area contributed by atoms with Gasteiger partial charge in [0, 0.05) is 10.0 Å². The Morgan fingerprint density at radius 1 is 1.35 bits per heavy atom. The summed E-state index contributed by atoms with van der Waals surface area (Å²) < 4.78 is 11.9. The molecule has 0 saturated carbocycles. The van der Waals surface area contributed by atoms with Crippen molar-refractivity contribution in [1.82, 2.24) is 4.90 Å². The normalized spacial score (nSPS) is 16.3. The van der Waals surface area contributed by atoms with Crippen LogP contribution in [0.1, 0.15) is 24.3 Å². The van der Waals surface area contributed by atoms with Gasteiger partial charge in [0.1, 0.15) is 11.5 Å². The summed E-state index contributed by atoms with van der Waals surface area (Å²) >= 11 is 3.45. The van der Waals surface area contributed by atoms with Crippen LogP contribution >= 0.6 is 15.9 Å². The summed E-state index contributed by atoms with van der Waals surface area (Å²) in [5, 5.41) is 0. The first-order chi connectivity index (χ1) is 9.65. The van der Waals surface area contributed by atoms with Crippen molar-refractivity contribution in [3.05, 3.63) is 52.4 Å². The zero-order valence-corrected chi connectivity index (χ0v) is 12.6. The van der Waals surface area contributed by atoms with Crippen LogP contribution in [0.3, 0.4) is 0 Å². The topological polar surface area (TPSA) is 42.7 Å². The van der Waals surface area contributed by atoms with Gasteiger partial charge in [0.15, 0.2) is 6.61 Å². The van der Waals surface area contributed by atoms with Gasteiger partial charge in [-0.15, -0.1) is 0 Å². The number of fused-ring (bicyclic) bond motifs is 1. The van der Waals surface area contributed by atoms with Crippen molar-refractivity contribution in [3.8, 4) is 5.75 Å². The Labute approximate surface area is 125 Å². The van der Waals surface area contributed by atoms with E-state index in [0.29, 0.717) is 6.54 Å². The Bertz CT molecular complexity index is 624. The molecular formula is C15H14BrNO3. The number of hydrogen-bond donors (Lipinski definition) is 0. The second kappa shape index (κ2) is 5.32. The molecule has 1 aromatic carbocycles. The quantitative estimate of drug-likeness (QED) is 0.843. The molecule has 1 unspecified atom stereocenters. The molecule has 0 spiro atoms. The zero-order valence-electron chi connectivity index (χ0n) is 11.0. The highest BCUT2D eigenvalue weighted by atomic mass is 79.9. The Hall–Kier alpha value is -1.75. The Morgan fingerprint density at radius 2 is 2.20 bits per heavy atom. The van der Waals surface area contributed by atoms with Gasteiger partial charge in [-0.05, 0) is 37.3 Å². The summed E-state index contributed by atoms with van der Waals surface area (Å²) in [4.78, 5) is 14.0. The average Bonchev–Trinajstić information content (AvgIpc) is 2.91. The van der Waals surface area contributed by atoms with E-state index in [1.165, 1.54) is 0 Å². The van der Waals surface area contributed by atoms with Gasteiger partial charge >= 0.3 is 0 Å². The zero-order chi connectivity index (χ0) is 14.1. The largest absolute Gasteiger partial charge is 0.483 e. The molecule has 20 heavy (non-hydrogen) atoms. The summed E-state index contributed by atoms with van der Waals surface area (Å²) in [5.41, 5.74) is 0.989. The molecule has 0 bridgehead atoms. The number of halogens is 1. The summed E-state index contributed by atoms with van der Waals surface area (Å²) in [6.07, 6.45) is 1.62. The van der Waals surface area contributed by atoms with Crippen LogP contribution in [0.4, 0.5) is 0 Å². The Balaban J connectivity index is 1.93. The van der Waals surface area contributed by atoms with Crippen LogP contribution in [0.5, 0.6) is 5.75 Å². The highest BCUT2D eigenvalue weighted by Gasteiger charge is 2.27. The Kier molecular flexibility index (Phi) is 3.53.